The maximum Gasteiger partial charge on any atom is 1.00 e. The van der Waals surface area contributed by atoms with Crippen LogP contribution in [0.4, 0.5) is 5.13 Å². The van der Waals surface area contributed by atoms with Gasteiger partial charge in [0.15, 0.2) is 11.2 Å². The number of β-lactam (4-membered cyclic amide) rings is 1. The number of aliphatic imine (C=N–C) groups is 1. The molecule has 2 aliphatic heterocycles. The number of hydrogen-bond donors (Lipinski definition) is 2. The third kappa shape index (κ3) is 6.54. The van der Waals surface area contributed by atoms with Crippen molar-refractivity contribution in [3.63, 3.8) is 0 Å². The average molecular weight is 684 g/mol. The van der Waals surface area contributed by atoms with Crippen LogP contribution in [-0.4, -0.2) is 81.1 Å². The number of thiazole rings is 1. The van der Waals surface area contributed by atoms with E-state index in [0.717, 1.165) is 28.0 Å². The molecular weight excluding hydrogens is 662 g/mol. The summed E-state index contributed by atoms with van der Waals surface area (Å²) in [6.45, 7) is 1.71. The Hall–Kier alpha value is -2.93. The van der Waals surface area contributed by atoms with Crippen LogP contribution in [0.5, 0.6) is 0 Å². The molecule has 0 saturated carbocycles. The van der Waals surface area contributed by atoms with Crippen molar-refractivity contribution in [1.29, 1.82) is 0 Å². The zero-order chi connectivity index (χ0) is 30.8. The van der Waals surface area contributed by atoms with Gasteiger partial charge < -0.3 is 25.5 Å². The molecule has 1 amide bonds. The van der Waals surface area contributed by atoms with E-state index in [-0.39, 0.29) is 75.5 Å². The zero-order valence-electron chi connectivity index (χ0n) is 23.5. The molecule has 4 heterocycles. The van der Waals surface area contributed by atoms with E-state index in [1.165, 1.54) is 35.6 Å². The number of carboxylic acid groups (broad SMARTS) is 1. The van der Waals surface area contributed by atoms with Gasteiger partial charge in [-0.05, 0) is 24.6 Å². The number of esters is 1. The number of benzene rings is 1. The van der Waals surface area contributed by atoms with Crippen LogP contribution in [0.2, 0.25) is 0 Å². The Morgan fingerprint density at radius 1 is 1.30 bits per heavy atom. The summed E-state index contributed by atoms with van der Waals surface area (Å²) in [5.41, 5.74) is 5.18. The zero-order valence-corrected chi connectivity index (χ0v) is 28.7. The fraction of sp³-hybridized carbons (Fsp3) is 0.269. The van der Waals surface area contributed by atoms with Crippen LogP contribution < -0.4 is 45.8 Å². The summed E-state index contributed by atoms with van der Waals surface area (Å²) in [6, 6.07) is 5.73. The van der Waals surface area contributed by atoms with E-state index >= 15 is 0 Å². The van der Waals surface area contributed by atoms with Crippen LogP contribution in [0.15, 0.2) is 60.1 Å². The Balaban J connectivity index is 0.00000442. The van der Waals surface area contributed by atoms with Gasteiger partial charge >= 0.3 is 41.5 Å². The van der Waals surface area contributed by atoms with E-state index in [2.05, 4.69) is 15.1 Å². The number of oxime groups is 1. The first kappa shape index (κ1) is 34.0. The molecule has 1 aromatic carbocycles. The predicted octanol–water partition coefficient (Wildman–Crippen LogP) is -0.995. The number of aliphatic carboxylic acids is 1. The molecule has 0 radical (unpaired) electrons. The Bertz CT molecular complexity index is 1790. The van der Waals surface area contributed by atoms with Crippen molar-refractivity contribution < 1.29 is 63.7 Å². The largest absolute Gasteiger partial charge is 1.00 e. The molecule has 0 aliphatic carbocycles. The standard InChI is InChI=1S/C26H23N5O8S4.Na/c1-3-39-24(37)15-19(32)12-6-4-5-7-14(12)43-25(15)41-9-11-8-40-22-17(21(34)31(22)18(11)23(35)36)29-20(33)16(30-38-2)13-10-42-26(27)28-13;/h4-7,10,17,22H,3,8-9H2,1-2H3,(H2,27,28)(H,29,33)(H,35,36);/q;+1/p-1/b30-16+;/t17-,22-;/m1./s1. The molecule has 3 aromatic rings. The van der Waals surface area contributed by atoms with E-state index in [1.54, 1.807) is 31.2 Å². The van der Waals surface area contributed by atoms with Crippen LogP contribution in [-0.2, 0) is 19.2 Å². The molecule has 44 heavy (non-hydrogen) atoms. The molecule has 2 atom stereocenters. The smallest absolute Gasteiger partial charge is 0.857 e. The van der Waals surface area contributed by atoms with Crippen LogP contribution in [0.1, 0.15) is 23.0 Å². The number of amides is 1. The first-order valence-electron chi connectivity index (χ1n) is 12.5. The molecule has 3 N–H and O–H groups in total. The normalized spacial score (nSPS) is 18.4. The van der Waals surface area contributed by atoms with Crippen LogP contribution in [0.25, 0.3) is 10.1 Å². The van der Waals surface area contributed by atoms with Crippen LogP contribution >= 0.6 is 46.2 Å². The van der Waals surface area contributed by atoms with Gasteiger partial charge in [0.1, 0.15) is 35.1 Å². The van der Waals surface area contributed by atoms with Crippen molar-refractivity contribution in [3.8, 4) is 0 Å². The summed E-state index contributed by atoms with van der Waals surface area (Å²) in [7, 11) is 1.24. The molecule has 5 rings (SSSR count). The second-order valence-corrected chi connectivity index (χ2v) is 13.1. The monoisotopic (exact) mass is 683 g/mol. The van der Waals surface area contributed by atoms with E-state index in [0.29, 0.717) is 19.9 Å². The Morgan fingerprint density at radius 2 is 2.05 bits per heavy atom. The Labute approximate surface area is 288 Å². The van der Waals surface area contributed by atoms with Gasteiger partial charge in [-0.25, -0.2) is 14.6 Å². The summed E-state index contributed by atoms with van der Waals surface area (Å²) < 4.78 is 6.18. The van der Waals surface area contributed by atoms with Gasteiger partial charge in [-0.15, -0.1) is 46.2 Å². The summed E-state index contributed by atoms with van der Waals surface area (Å²) in [5, 5.41) is 28.0. The van der Waals surface area contributed by atoms with Crippen LogP contribution in [0, 0.1) is 0 Å². The van der Waals surface area contributed by atoms with Crippen LogP contribution in [0.3, 0.4) is 0 Å². The van der Waals surface area contributed by atoms with Gasteiger partial charge in [0.05, 0.1) is 10.8 Å². The molecular formula is C26H22N5NaO8S4. The molecule has 2 aliphatic rings. The van der Waals surface area contributed by atoms with E-state index < -0.39 is 40.6 Å². The first-order chi connectivity index (χ1) is 20.7. The Morgan fingerprint density at radius 3 is 2.70 bits per heavy atom. The number of carboxylic acids is 1. The summed E-state index contributed by atoms with van der Waals surface area (Å²) in [6.07, 6.45) is 0. The Kier molecular flexibility index (Phi) is 11.1. The fourth-order valence-electron chi connectivity index (χ4n) is 4.39. The van der Waals surface area contributed by atoms with E-state index in [1.807, 2.05) is 0 Å². The number of hydrogen-bond acceptors (Lipinski definition) is 15. The molecule has 0 spiro atoms. The van der Waals surface area contributed by atoms with Crippen molar-refractivity contribution in [2.45, 2.75) is 22.5 Å². The second kappa shape index (κ2) is 14.4. The average Bonchev–Trinajstić information content (AvgIpc) is 3.42. The molecule has 1 saturated heterocycles. The third-order valence-electron chi connectivity index (χ3n) is 6.25. The minimum absolute atomic E-state index is 0. The molecule has 224 valence electrons. The number of anilines is 1. The molecule has 18 heteroatoms. The molecule has 1 fully saturated rings. The van der Waals surface area contributed by atoms with E-state index in [4.69, 9.17) is 15.3 Å². The minimum Gasteiger partial charge on any atom is -0.857 e. The first-order valence-corrected chi connectivity index (χ1v) is 16.2. The van der Waals surface area contributed by atoms with Crippen molar-refractivity contribution in [1.82, 2.24) is 9.88 Å². The summed E-state index contributed by atoms with van der Waals surface area (Å²) >= 11 is 4.69. The summed E-state index contributed by atoms with van der Waals surface area (Å²) in [5.74, 6) is -3.31. The van der Waals surface area contributed by atoms with Gasteiger partial charge in [0, 0.05) is 32.9 Å². The topological polar surface area (TPSA) is 197 Å². The van der Waals surface area contributed by atoms with Gasteiger partial charge in [0.2, 0.25) is 5.43 Å². The quantitative estimate of drug-likeness (QED) is 0.0504. The minimum atomic E-state index is -1.32. The van der Waals surface area contributed by atoms with Crippen molar-refractivity contribution in [2.75, 3.05) is 31.0 Å². The van der Waals surface area contributed by atoms with Gasteiger partial charge in [0.25, 0.3) is 5.91 Å². The number of carbonyl (C=O) groups is 3. The maximum absolute atomic E-state index is 13.2. The third-order valence-corrected chi connectivity index (χ3v) is 10.8. The van der Waals surface area contributed by atoms with Gasteiger partial charge in [-0.1, -0.05) is 17.3 Å². The number of ether oxygens (including phenoxy) is 1. The number of fused-ring (bicyclic) bond motifs is 2. The maximum atomic E-state index is 13.2. The fourth-order valence-corrected chi connectivity index (χ4v) is 8.83. The second-order valence-electron chi connectivity index (χ2n) is 8.84. The number of nitrogens with zero attached hydrogens (tertiary/aromatic N) is 4. The SMILES string of the molecule is CCOC(=O)c1c(SCC2=C(C(=O)O)N3C(=O)[C@@H](N=C([O-])/C(=N/OC)c4csc(N)n4)[C@H]3SC2)sc2ccccc2c1=O.[Na+]. The number of aromatic nitrogens is 1. The molecule has 0 unspecified atom stereocenters. The number of nitrogens with two attached hydrogens (primary N) is 1. The van der Waals surface area contributed by atoms with Crippen molar-refractivity contribution in [3.05, 3.63) is 62.4 Å². The number of carbonyl (C=O) groups excluding carboxylic acids is 2. The summed E-state index contributed by atoms with van der Waals surface area (Å²) in [4.78, 5) is 65.3. The van der Waals surface area contributed by atoms with Gasteiger partial charge in [-0.3, -0.25) is 19.5 Å². The van der Waals surface area contributed by atoms with E-state index in [9.17, 15) is 29.4 Å². The number of rotatable bonds is 10. The number of thioether (sulfide) groups is 2. The van der Waals surface area contributed by atoms with Gasteiger partial charge in [-0.2, -0.15) is 0 Å². The molecule has 0 bridgehead atoms. The van der Waals surface area contributed by atoms with Crippen molar-refractivity contribution in [2.24, 2.45) is 10.1 Å². The number of nitrogen functional groups attached to an aromatic ring is 1. The predicted molar refractivity (Wildman–Crippen MR) is 164 cm³/mol. The molecule has 13 nitrogen and oxygen atoms in total. The molecule has 2 aromatic heterocycles. The van der Waals surface area contributed by atoms with Crippen molar-refractivity contribution >= 4 is 90.9 Å².